The maximum atomic E-state index is 9.19. The van der Waals surface area contributed by atoms with Crippen LogP contribution < -0.4 is 5.32 Å². The molecule has 0 saturated carbocycles. The van der Waals surface area contributed by atoms with Gasteiger partial charge in [-0.2, -0.15) is 5.26 Å². The Kier molecular flexibility index (Phi) is 6.07. The van der Waals surface area contributed by atoms with Crippen LogP contribution in [-0.4, -0.2) is 49.3 Å². The molecule has 0 spiro atoms. The fourth-order valence-corrected chi connectivity index (χ4v) is 2.64. The molecule has 1 heterocycles. The van der Waals surface area contributed by atoms with Gasteiger partial charge in [-0.3, -0.25) is 0 Å². The summed E-state index contributed by atoms with van der Waals surface area (Å²) in [5.41, 5.74) is -0.420. The highest BCUT2D eigenvalue weighted by molar-refractivity contribution is 5.04. The van der Waals surface area contributed by atoms with Crippen LogP contribution in [-0.2, 0) is 4.74 Å². The van der Waals surface area contributed by atoms with Crippen LogP contribution in [0.15, 0.2) is 0 Å². The van der Waals surface area contributed by atoms with E-state index in [2.05, 4.69) is 30.1 Å². The van der Waals surface area contributed by atoms with E-state index in [0.717, 1.165) is 39.0 Å². The summed E-state index contributed by atoms with van der Waals surface area (Å²) >= 11 is 0. The summed E-state index contributed by atoms with van der Waals surface area (Å²) in [6.07, 6.45) is 3.52. The molecule has 0 radical (unpaired) electrons. The molecule has 18 heavy (non-hydrogen) atoms. The van der Waals surface area contributed by atoms with Gasteiger partial charge in [-0.15, -0.1) is 0 Å². The van der Waals surface area contributed by atoms with Crippen LogP contribution in [0.5, 0.6) is 0 Å². The van der Waals surface area contributed by atoms with Gasteiger partial charge in [0.2, 0.25) is 0 Å². The van der Waals surface area contributed by atoms with E-state index in [1.165, 1.54) is 0 Å². The predicted octanol–water partition coefficient (Wildman–Crippen LogP) is 1.77. The van der Waals surface area contributed by atoms with Crippen LogP contribution in [0, 0.1) is 11.3 Å². The van der Waals surface area contributed by atoms with E-state index in [1.807, 2.05) is 14.0 Å². The molecule has 0 aliphatic carbocycles. The molecule has 1 fully saturated rings. The van der Waals surface area contributed by atoms with Crippen molar-refractivity contribution in [3.05, 3.63) is 0 Å². The van der Waals surface area contributed by atoms with Crippen molar-refractivity contribution in [3.8, 4) is 6.07 Å². The smallest absolute Gasteiger partial charge is 0.105 e. The monoisotopic (exact) mass is 253 g/mol. The number of piperidine rings is 1. The summed E-state index contributed by atoms with van der Waals surface area (Å²) in [6.45, 7) is 9.21. The first-order chi connectivity index (χ1) is 8.54. The molecule has 1 N–H and O–H groups in total. The molecule has 1 aliphatic rings. The maximum Gasteiger partial charge on any atom is 0.105 e. The van der Waals surface area contributed by atoms with Gasteiger partial charge in [0.1, 0.15) is 5.54 Å². The average molecular weight is 253 g/mol. The number of nitrogens with zero attached hydrogens (tertiary/aromatic N) is 2. The summed E-state index contributed by atoms with van der Waals surface area (Å²) in [5, 5.41) is 12.3. The van der Waals surface area contributed by atoms with Gasteiger partial charge in [-0.25, -0.2) is 0 Å². The van der Waals surface area contributed by atoms with E-state index in [9.17, 15) is 5.26 Å². The second-order valence-corrected chi connectivity index (χ2v) is 5.44. The first-order valence-corrected chi connectivity index (χ1v) is 7.00. The molecule has 1 rings (SSSR count). The third-order valence-corrected chi connectivity index (χ3v) is 4.00. The number of nitriles is 1. The van der Waals surface area contributed by atoms with Gasteiger partial charge in [0.25, 0.3) is 0 Å². The van der Waals surface area contributed by atoms with Crippen molar-refractivity contribution in [2.24, 2.45) is 0 Å². The lowest BCUT2D eigenvalue weighted by Crippen LogP contribution is -2.48. The van der Waals surface area contributed by atoms with Crippen molar-refractivity contribution in [1.82, 2.24) is 10.2 Å². The molecule has 0 amide bonds. The topological polar surface area (TPSA) is 48.3 Å². The summed E-state index contributed by atoms with van der Waals surface area (Å²) in [5.74, 6) is 0. The second kappa shape index (κ2) is 7.08. The molecule has 2 atom stereocenters. The van der Waals surface area contributed by atoms with E-state index in [-0.39, 0.29) is 0 Å². The van der Waals surface area contributed by atoms with Gasteiger partial charge in [-0.1, -0.05) is 0 Å². The van der Waals surface area contributed by atoms with E-state index in [0.29, 0.717) is 12.1 Å². The number of ether oxygens (including phenoxy) is 1. The zero-order valence-electron chi connectivity index (χ0n) is 12.2. The van der Waals surface area contributed by atoms with Gasteiger partial charge in [0, 0.05) is 25.7 Å². The molecule has 2 unspecified atom stereocenters. The van der Waals surface area contributed by atoms with Gasteiger partial charge in [-0.05, 0) is 47.1 Å². The third kappa shape index (κ3) is 4.24. The summed E-state index contributed by atoms with van der Waals surface area (Å²) < 4.78 is 5.66. The maximum absolute atomic E-state index is 9.19. The van der Waals surface area contributed by atoms with Crippen LogP contribution in [0.4, 0.5) is 0 Å². The molecule has 104 valence electrons. The molecule has 4 heteroatoms. The lowest BCUT2D eigenvalue weighted by Gasteiger charge is -2.38. The first-order valence-electron chi connectivity index (χ1n) is 7.00. The van der Waals surface area contributed by atoms with Crippen LogP contribution in [0.25, 0.3) is 0 Å². The summed E-state index contributed by atoms with van der Waals surface area (Å²) in [6, 6.07) is 2.80. The number of hydrogen-bond donors (Lipinski definition) is 1. The van der Waals surface area contributed by atoms with Crippen molar-refractivity contribution in [2.75, 3.05) is 26.7 Å². The molecule has 0 aromatic heterocycles. The van der Waals surface area contributed by atoms with E-state index < -0.39 is 5.54 Å². The van der Waals surface area contributed by atoms with Gasteiger partial charge >= 0.3 is 0 Å². The quantitative estimate of drug-likeness (QED) is 0.783. The minimum atomic E-state index is -0.420. The normalized spacial score (nSPS) is 23.3. The average Bonchev–Trinajstić information content (AvgIpc) is 2.39. The SMILES string of the molecule is CCOC1CCN(C(C)CC(C)(C#N)NC)CC1. The standard InChI is InChI=1S/C14H27N3O/c1-5-18-13-6-8-17(9-7-13)12(2)10-14(3,11-15)16-4/h12-13,16H,5-10H2,1-4H3. The Balaban J connectivity index is 2.41. The van der Waals surface area contributed by atoms with E-state index in [1.54, 1.807) is 0 Å². The Morgan fingerprint density at radius 1 is 1.50 bits per heavy atom. The molecule has 0 aromatic carbocycles. The highest BCUT2D eigenvalue weighted by Crippen LogP contribution is 2.20. The highest BCUT2D eigenvalue weighted by Gasteiger charge is 2.29. The number of rotatable bonds is 6. The minimum Gasteiger partial charge on any atom is -0.378 e. The largest absolute Gasteiger partial charge is 0.378 e. The molecular weight excluding hydrogens is 226 g/mol. The molecule has 0 aromatic rings. The lowest BCUT2D eigenvalue weighted by atomic mass is 9.93. The van der Waals surface area contributed by atoms with Crippen molar-refractivity contribution in [1.29, 1.82) is 5.26 Å². The summed E-state index contributed by atoms with van der Waals surface area (Å²) in [4.78, 5) is 2.47. The van der Waals surface area contributed by atoms with Gasteiger partial charge in [0.15, 0.2) is 0 Å². The van der Waals surface area contributed by atoms with Gasteiger partial charge < -0.3 is 15.0 Å². The molecule has 4 nitrogen and oxygen atoms in total. The molecule has 1 aliphatic heterocycles. The fraction of sp³-hybridized carbons (Fsp3) is 0.929. The second-order valence-electron chi connectivity index (χ2n) is 5.44. The Morgan fingerprint density at radius 2 is 2.11 bits per heavy atom. The Bertz CT molecular complexity index is 281. The van der Waals surface area contributed by atoms with Crippen LogP contribution >= 0.6 is 0 Å². The van der Waals surface area contributed by atoms with Crippen LogP contribution in [0.2, 0.25) is 0 Å². The van der Waals surface area contributed by atoms with Crippen molar-refractivity contribution in [3.63, 3.8) is 0 Å². The van der Waals surface area contributed by atoms with E-state index >= 15 is 0 Å². The van der Waals surface area contributed by atoms with Crippen LogP contribution in [0.1, 0.15) is 40.0 Å². The summed E-state index contributed by atoms with van der Waals surface area (Å²) in [7, 11) is 1.86. The zero-order chi connectivity index (χ0) is 13.6. The molecule has 1 saturated heterocycles. The molecule has 0 bridgehead atoms. The minimum absolute atomic E-state index is 0.420. The number of likely N-dealkylation sites (tertiary alicyclic amines) is 1. The highest BCUT2D eigenvalue weighted by atomic mass is 16.5. The Labute approximate surface area is 111 Å². The van der Waals surface area contributed by atoms with E-state index in [4.69, 9.17) is 4.74 Å². The van der Waals surface area contributed by atoms with Crippen molar-refractivity contribution >= 4 is 0 Å². The third-order valence-electron chi connectivity index (χ3n) is 4.00. The molecular formula is C14H27N3O. The predicted molar refractivity (Wildman–Crippen MR) is 73.4 cm³/mol. The number of nitrogens with one attached hydrogen (secondary N) is 1. The fourth-order valence-electron chi connectivity index (χ4n) is 2.64. The number of hydrogen-bond acceptors (Lipinski definition) is 4. The Hall–Kier alpha value is -0.630. The van der Waals surface area contributed by atoms with Crippen LogP contribution in [0.3, 0.4) is 0 Å². The first kappa shape index (κ1) is 15.4. The van der Waals surface area contributed by atoms with Gasteiger partial charge in [0.05, 0.1) is 12.2 Å². The Morgan fingerprint density at radius 3 is 2.56 bits per heavy atom. The van der Waals surface area contributed by atoms with Crippen molar-refractivity contribution < 1.29 is 4.74 Å². The lowest BCUT2D eigenvalue weighted by molar-refractivity contribution is 0.00338. The van der Waals surface area contributed by atoms with Crippen molar-refractivity contribution in [2.45, 2.75) is 57.7 Å². The zero-order valence-corrected chi connectivity index (χ0v) is 12.2.